The van der Waals surface area contributed by atoms with Crippen molar-refractivity contribution >= 4 is 5.97 Å². The fourth-order valence-corrected chi connectivity index (χ4v) is 1.14. The SMILES string of the molecule is CCC(C)c1cc(C(=O)O)n(C)n1. The van der Waals surface area contributed by atoms with E-state index in [-0.39, 0.29) is 5.69 Å². The maximum atomic E-state index is 10.7. The molecule has 4 nitrogen and oxygen atoms in total. The molecule has 0 saturated heterocycles. The van der Waals surface area contributed by atoms with Gasteiger partial charge >= 0.3 is 5.97 Å². The number of hydrogen-bond donors (Lipinski definition) is 1. The number of aromatic nitrogens is 2. The van der Waals surface area contributed by atoms with Crippen molar-refractivity contribution in [2.75, 3.05) is 0 Å². The van der Waals surface area contributed by atoms with Gasteiger partial charge in [-0.2, -0.15) is 5.10 Å². The Morgan fingerprint density at radius 1 is 1.77 bits per heavy atom. The van der Waals surface area contributed by atoms with Crippen LogP contribution in [-0.2, 0) is 7.05 Å². The highest BCUT2D eigenvalue weighted by atomic mass is 16.4. The van der Waals surface area contributed by atoms with Gasteiger partial charge in [-0.1, -0.05) is 13.8 Å². The predicted molar refractivity (Wildman–Crippen MR) is 48.9 cm³/mol. The molecule has 72 valence electrons. The average Bonchev–Trinajstić information content (AvgIpc) is 2.46. The average molecular weight is 182 g/mol. The third kappa shape index (κ3) is 1.88. The fraction of sp³-hybridized carbons (Fsp3) is 0.556. The van der Waals surface area contributed by atoms with Gasteiger partial charge in [-0.15, -0.1) is 0 Å². The Labute approximate surface area is 77.2 Å². The Morgan fingerprint density at radius 3 is 2.77 bits per heavy atom. The van der Waals surface area contributed by atoms with Crippen LogP contribution in [-0.4, -0.2) is 20.9 Å². The lowest BCUT2D eigenvalue weighted by Gasteiger charge is -2.01. The van der Waals surface area contributed by atoms with E-state index in [4.69, 9.17) is 5.11 Å². The van der Waals surface area contributed by atoms with Crippen molar-refractivity contribution in [3.63, 3.8) is 0 Å². The van der Waals surface area contributed by atoms with Crippen LogP contribution in [0.15, 0.2) is 6.07 Å². The fourth-order valence-electron chi connectivity index (χ4n) is 1.14. The van der Waals surface area contributed by atoms with Crippen LogP contribution in [0.5, 0.6) is 0 Å². The summed E-state index contributed by atoms with van der Waals surface area (Å²) in [5, 5.41) is 12.9. The summed E-state index contributed by atoms with van der Waals surface area (Å²) in [5.41, 5.74) is 1.10. The molecule has 4 heteroatoms. The Morgan fingerprint density at radius 2 is 2.38 bits per heavy atom. The highest BCUT2D eigenvalue weighted by Crippen LogP contribution is 2.17. The number of carboxylic acids is 1. The molecule has 0 aromatic carbocycles. The van der Waals surface area contributed by atoms with E-state index in [1.165, 1.54) is 4.68 Å². The van der Waals surface area contributed by atoms with Crippen LogP contribution in [0.4, 0.5) is 0 Å². The molecule has 0 bridgehead atoms. The standard InChI is InChI=1S/C9H14N2O2/c1-4-6(2)7-5-8(9(12)13)11(3)10-7/h5-6H,4H2,1-3H3,(H,12,13). The first kappa shape index (κ1) is 9.77. The molecule has 1 aromatic heterocycles. The number of aromatic carboxylic acids is 1. The topological polar surface area (TPSA) is 55.1 Å². The molecule has 0 aliphatic heterocycles. The lowest BCUT2D eigenvalue weighted by Crippen LogP contribution is -2.04. The first-order valence-electron chi connectivity index (χ1n) is 4.33. The van der Waals surface area contributed by atoms with E-state index >= 15 is 0 Å². The van der Waals surface area contributed by atoms with Crippen molar-refractivity contribution in [1.82, 2.24) is 9.78 Å². The summed E-state index contributed by atoms with van der Waals surface area (Å²) in [7, 11) is 1.65. The number of aryl methyl sites for hydroxylation is 1. The van der Waals surface area contributed by atoms with Crippen molar-refractivity contribution in [3.8, 4) is 0 Å². The lowest BCUT2D eigenvalue weighted by atomic mass is 10.1. The minimum absolute atomic E-state index is 0.246. The first-order chi connectivity index (χ1) is 6.06. The zero-order valence-corrected chi connectivity index (χ0v) is 8.11. The van der Waals surface area contributed by atoms with Crippen LogP contribution in [0, 0.1) is 0 Å². The van der Waals surface area contributed by atoms with Gasteiger partial charge in [-0.25, -0.2) is 4.79 Å². The zero-order valence-electron chi connectivity index (χ0n) is 8.11. The van der Waals surface area contributed by atoms with Crippen LogP contribution < -0.4 is 0 Å². The van der Waals surface area contributed by atoms with Gasteiger partial charge in [0, 0.05) is 7.05 Å². The van der Waals surface area contributed by atoms with E-state index in [0.717, 1.165) is 12.1 Å². The third-order valence-electron chi connectivity index (χ3n) is 2.24. The number of carbonyl (C=O) groups is 1. The minimum atomic E-state index is -0.926. The van der Waals surface area contributed by atoms with Crippen molar-refractivity contribution < 1.29 is 9.90 Å². The number of hydrogen-bond acceptors (Lipinski definition) is 2. The summed E-state index contributed by atoms with van der Waals surface area (Å²) >= 11 is 0. The summed E-state index contributed by atoms with van der Waals surface area (Å²) in [4.78, 5) is 10.7. The van der Waals surface area contributed by atoms with E-state index < -0.39 is 5.97 Å². The zero-order chi connectivity index (χ0) is 10.0. The van der Waals surface area contributed by atoms with Gasteiger partial charge in [0.1, 0.15) is 5.69 Å². The highest BCUT2D eigenvalue weighted by molar-refractivity contribution is 5.85. The molecule has 0 aliphatic rings. The number of rotatable bonds is 3. The maximum Gasteiger partial charge on any atom is 0.354 e. The molecule has 1 aromatic rings. The van der Waals surface area contributed by atoms with Crippen LogP contribution >= 0.6 is 0 Å². The molecule has 0 spiro atoms. The summed E-state index contributed by atoms with van der Waals surface area (Å²) < 4.78 is 1.41. The van der Waals surface area contributed by atoms with E-state index in [0.29, 0.717) is 5.92 Å². The van der Waals surface area contributed by atoms with Crippen molar-refractivity contribution in [3.05, 3.63) is 17.5 Å². The van der Waals surface area contributed by atoms with Gasteiger partial charge in [0.05, 0.1) is 5.69 Å². The Balaban J connectivity index is 3.01. The van der Waals surface area contributed by atoms with Crippen LogP contribution in [0.2, 0.25) is 0 Å². The molecule has 1 rings (SSSR count). The van der Waals surface area contributed by atoms with E-state index in [2.05, 4.69) is 12.0 Å². The molecule has 1 heterocycles. The molecule has 13 heavy (non-hydrogen) atoms. The third-order valence-corrected chi connectivity index (χ3v) is 2.24. The highest BCUT2D eigenvalue weighted by Gasteiger charge is 2.14. The van der Waals surface area contributed by atoms with Crippen molar-refractivity contribution in [2.24, 2.45) is 7.05 Å². The smallest absolute Gasteiger partial charge is 0.354 e. The van der Waals surface area contributed by atoms with Gasteiger partial charge in [0.15, 0.2) is 0 Å². The van der Waals surface area contributed by atoms with Crippen molar-refractivity contribution in [2.45, 2.75) is 26.2 Å². The normalized spacial score (nSPS) is 12.8. The molecular weight excluding hydrogens is 168 g/mol. The summed E-state index contributed by atoms with van der Waals surface area (Å²) in [6.07, 6.45) is 0.968. The van der Waals surface area contributed by atoms with Gasteiger partial charge in [-0.3, -0.25) is 4.68 Å². The molecule has 1 unspecified atom stereocenters. The summed E-state index contributed by atoms with van der Waals surface area (Å²) in [6, 6.07) is 1.64. The Bertz CT molecular complexity index is 317. The minimum Gasteiger partial charge on any atom is -0.477 e. The van der Waals surface area contributed by atoms with E-state index in [9.17, 15) is 4.79 Å². The quantitative estimate of drug-likeness (QED) is 0.773. The second-order valence-corrected chi connectivity index (χ2v) is 3.19. The van der Waals surface area contributed by atoms with Gasteiger partial charge in [-0.05, 0) is 18.4 Å². The van der Waals surface area contributed by atoms with E-state index in [1.807, 2.05) is 6.92 Å². The molecule has 1 N–H and O–H groups in total. The molecule has 1 atom stereocenters. The Kier molecular flexibility index (Phi) is 2.70. The molecule has 0 radical (unpaired) electrons. The van der Waals surface area contributed by atoms with Crippen LogP contribution in [0.1, 0.15) is 42.4 Å². The van der Waals surface area contributed by atoms with Crippen molar-refractivity contribution in [1.29, 1.82) is 0 Å². The van der Waals surface area contributed by atoms with Gasteiger partial charge < -0.3 is 5.11 Å². The summed E-state index contributed by atoms with van der Waals surface area (Å²) in [5.74, 6) is -0.608. The maximum absolute atomic E-state index is 10.7. The monoisotopic (exact) mass is 182 g/mol. The molecular formula is C9H14N2O2. The lowest BCUT2D eigenvalue weighted by molar-refractivity contribution is 0.0685. The molecule has 0 fully saturated rings. The summed E-state index contributed by atoms with van der Waals surface area (Å²) in [6.45, 7) is 4.09. The van der Waals surface area contributed by atoms with E-state index in [1.54, 1.807) is 13.1 Å². The Hall–Kier alpha value is -1.32. The number of carboxylic acid groups (broad SMARTS) is 1. The van der Waals surface area contributed by atoms with Crippen LogP contribution in [0.25, 0.3) is 0 Å². The van der Waals surface area contributed by atoms with Crippen LogP contribution in [0.3, 0.4) is 0 Å². The second-order valence-electron chi connectivity index (χ2n) is 3.19. The largest absolute Gasteiger partial charge is 0.477 e. The second kappa shape index (κ2) is 3.60. The number of nitrogens with zero attached hydrogens (tertiary/aromatic N) is 2. The molecule has 0 amide bonds. The van der Waals surface area contributed by atoms with Gasteiger partial charge in [0.2, 0.25) is 0 Å². The first-order valence-corrected chi connectivity index (χ1v) is 4.33. The predicted octanol–water partition coefficient (Wildman–Crippen LogP) is 1.63. The van der Waals surface area contributed by atoms with Gasteiger partial charge in [0.25, 0.3) is 0 Å². The molecule has 0 saturated carbocycles. The molecule has 0 aliphatic carbocycles.